The molecule has 2 aromatic carbocycles. The first-order chi connectivity index (χ1) is 13.6. The lowest BCUT2D eigenvalue weighted by Gasteiger charge is -2.35. The second kappa shape index (κ2) is 7.88. The van der Waals surface area contributed by atoms with Gasteiger partial charge in [0, 0.05) is 12.1 Å². The van der Waals surface area contributed by atoms with E-state index >= 15 is 0 Å². The molecular formula is C21H20F2N4O. The maximum Gasteiger partial charge on any atom is 0.276 e. The van der Waals surface area contributed by atoms with Crippen LogP contribution in [0.15, 0.2) is 54.7 Å². The summed E-state index contributed by atoms with van der Waals surface area (Å²) in [6, 6.07) is 12.6. The fourth-order valence-corrected chi connectivity index (χ4v) is 3.63. The first-order valence-electron chi connectivity index (χ1n) is 9.32. The van der Waals surface area contributed by atoms with Crippen LogP contribution in [0.25, 0.3) is 0 Å². The Morgan fingerprint density at radius 3 is 2.64 bits per heavy atom. The number of halogens is 2. The van der Waals surface area contributed by atoms with Crippen LogP contribution in [0.3, 0.4) is 0 Å². The van der Waals surface area contributed by atoms with E-state index in [2.05, 4.69) is 10.3 Å². The number of piperidine rings is 1. The summed E-state index contributed by atoms with van der Waals surface area (Å²) >= 11 is 0. The summed E-state index contributed by atoms with van der Waals surface area (Å²) in [5, 5.41) is 7.98. The predicted molar refractivity (Wildman–Crippen MR) is 99.6 cm³/mol. The molecule has 1 aromatic heterocycles. The van der Waals surface area contributed by atoms with E-state index in [9.17, 15) is 13.6 Å². The molecule has 0 spiro atoms. The number of carbonyl (C=O) groups is 1. The number of benzene rings is 2. The quantitative estimate of drug-likeness (QED) is 0.686. The van der Waals surface area contributed by atoms with E-state index in [4.69, 9.17) is 0 Å². The molecule has 144 valence electrons. The highest BCUT2D eigenvalue weighted by molar-refractivity contribution is 5.92. The molecule has 0 N–H and O–H groups in total. The molecular weight excluding hydrogens is 362 g/mol. The topological polar surface area (TPSA) is 51.0 Å². The number of rotatable bonds is 4. The van der Waals surface area contributed by atoms with Crippen molar-refractivity contribution >= 4 is 5.91 Å². The number of amides is 1. The van der Waals surface area contributed by atoms with Crippen molar-refractivity contribution in [1.29, 1.82) is 0 Å². The van der Waals surface area contributed by atoms with E-state index < -0.39 is 0 Å². The largest absolute Gasteiger partial charge is 0.330 e. The maximum absolute atomic E-state index is 13.8. The summed E-state index contributed by atoms with van der Waals surface area (Å²) in [6.45, 7) is 0.815. The van der Waals surface area contributed by atoms with Gasteiger partial charge in [-0.05, 0) is 43.0 Å². The van der Waals surface area contributed by atoms with Gasteiger partial charge in [0.15, 0.2) is 5.69 Å². The average molecular weight is 382 g/mol. The molecule has 1 fully saturated rings. The van der Waals surface area contributed by atoms with Crippen molar-refractivity contribution in [3.05, 3.63) is 83.2 Å². The molecule has 1 atom stereocenters. The lowest BCUT2D eigenvalue weighted by Crippen LogP contribution is -2.38. The number of aromatic nitrogens is 3. The summed E-state index contributed by atoms with van der Waals surface area (Å²) in [4.78, 5) is 14.8. The van der Waals surface area contributed by atoms with Crippen LogP contribution in [0, 0.1) is 11.6 Å². The SMILES string of the molecule is O=C(c1cn(Cc2ccccc2F)nn1)N1CCCC[C@@H]1c1ccc(F)cc1. The Morgan fingerprint density at radius 2 is 1.86 bits per heavy atom. The Labute approximate surface area is 161 Å². The molecule has 4 rings (SSSR count). The van der Waals surface area contributed by atoms with Gasteiger partial charge >= 0.3 is 0 Å². The standard InChI is InChI=1S/C21H20F2N4O/c22-17-10-8-15(9-11-17)20-7-3-4-12-27(20)21(28)19-14-26(25-24-19)13-16-5-1-2-6-18(16)23/h1-2,5-6,8-11,14,20H,3-4,7,12-13H2/t20-/m1/s1. The summed E-state index contributed by atoms with van der Waals surface area (Å²) in [6.07, 6.45) is 4.28. The normalized spacial score (nSPS) is 16.9. The van der Waals surface area contributed by atoms with Crippen molar-refractivity contribution in [3.63, 3.8) is 0 Å². The first kappa shape index (κ1) is 18.3. The van der Waals surface area contributed by atoms with Gasteiger partial charge in [-0.1, -0.05) is 35.5 Å². The second-order valence-corrected chi connectivity index (χ2v) is 6.95. The molecule has 1 aliphatic heterocycles. The third-order valence-electron chi connectivity index (χ3n) is 5.07. The van der Waals surface area contributed by atoms with Crippen molar-refractivity contribution in [2.24, 2.45) is 0 Å². The molecule has 0 saturated carbocycles. The Kier molecular flexibility index (Phi) is 5.14. The van der Waals surface area contributed by atoms with Crippen LogP contribution in [-0.2, 0) is 6.54 Å². The molecule has 28 heavy (non-hydrogen) atoms. The van der Waals surface area contributed by atoms with Crippen LogP contribution in [0.4, 0.5) is 8.78 Å². The zero-order chi connectivity index (χ0) is 19.5. The highest BCUT2D eigenvalue weighted by atomic mass is 19.1. The van der Waals surface area contributed by atoms with Crippen molar-refractivity contribution in [2.75, 3.05) is 6.54 Å². The average Bonchev–Trinajstić information content (AvgIpc) is 3.18. The smallest absolute Gasteiger partial charge is 0.276 e. The van der Waals surface area contributed by atoms with Gasteiger partial charge < -0.3 is 4.90 Å². The highest BCUT2D eigenvalue weighted by Gasteiger charge is 2.30. The predicted octanol–water partition coefficient (Wildman–Crippen LogP) is 3.97. The Hall–Kier alpha value is -3.09. The summed E-state index contributed by atoms with van der Waals surface area (Å²) in [5.41, 5.74) is 1.62. The molecule has 0 aliphatic carbocycles. The minimum atomic E-state index is -0.321. The molecule has 3 aromatic rings. The van der Waals surface area contributed by atoms with Gasteiger partial charge in [-0.15, -0.1) is 5.10 Å². The van der Waals surface area contributed by atoms with E-state index in [1.54, 1.807) is 41.4 Å². The number of hydrogen-bond acceptors (Lipinski definition) is 3. The summed E-state index contributed by atoms with van der Waals surface area (Å²) < 4.78 is 28.6. The monoisotopic (exact) mass is 382 g/mol. The van der Waals surface area contributed by atoms with Crippen molar-refractivity contribution < 1.29 is 13.6 Å². The molecule has 0 bridgehead atoms. The summed E-state index contributed by atoms with van der Waals surface area (Å²) in [5.74, 6) is -0.833. The fourth-order valence-electron chi connectivity index (χ4n) is 3.63. The van der Waals surface area contributed by atoms with Gasteiger partial charge in [0.2, 0.25) is 0 Å². The van der Waals surface area contributed by atoms with Crippen LogP contribution in [0.5, 0.6) is 0 Å². The molecule has 0 radical (unpaired) electrons. The van der Waals surface area contributed by atoms with Crippen molar-refractivity contribution in [2.45, 2.75) is 31.8 Å². The van der Waals surface area contributed by atoms with Gasteiger partial charge in [0.25, 0.3) is 5.91 Å². The van der Waals surface area contributed by atoms with Gasteiger partial charge in [-0.25, -0.2) is 13.5 Å². The van der Waals surface area contributed by atoms with E-state index in [1.165, 1.54) is 22.9 Å². The summed E-state index contributed by atoms with van der Waals surface area (Å²) in [7, 11) is 0. The van der Waals surface area contributed by atoms with Gasteiger partial charge in [-0.3, -0.25) is 4.79 Å². The molecule has 1 saturated heterocycles. The van der Waals surface area contributed by atoms with Crippen LogP contribution in [0.2, 0.25) is 0 Å². The van der Waals surface area contributed by atoms with E-state index in [0.717, 1.165) is 24.8 Å². The fraction of sp³-hybridized carbons (Fsp3) is 0.286. The molecule has 2 heterocycles. The van der Waals surface area contributed by atoms with Crippen LogP contribution in [0.1, 0.15) is 46.9 Å². The maximum atomic E-state index is 13.8. The van der Waals surface area contributed by atoms with Gasteiger partial charge in [0.05, 0.1) is 18.8 Å². The van der Waals surface area contributed by atoms with Crippen LogP contribution in [-0.4, -0.2) is 32.3 Å². The molecule has 1 amide bonds. The Bertz CT molecular complexity index is 971. The molecule has 0 unspecified atom stereocenters. The van der Waals surface area contributed by atoms with E-state index in [0.29, 0.717) is 12.1 Å². The third kappa shape index (κ3) is 3.78. The lowest BCUT2D eigenvalue weighted by atomic mass is 9.95. The van der Waals surface area contributed by atoms with Crippen LogP contribution >= 0.6 is 0 Å². The molecule has 7 heteroatoms. The van der Waals surface area contributed by atoms with Gasteiger partial charge in [-0.2, -0.15) is 0 Å². The number of nitrogens with zero attached hydrogens (tertiary/aromatic N) is 4. The first-order valence-corrected chi connectivity index (χ1v) is 9.32. The Morgan fingerprint density at radius 1 is 1.07 bits per heavy atom. The minimum Gasteiger partial charge on any atom is -0.330 e. The van der Waals surface area contributed by atoms with Crippen molar-refractivity contribution in [1.82, 2.24) is 19.9 Å². The second-order valence-electron chi connectivity index (χ2n) is 6.95. The molecule has 1 aliphatic rings. The van der Waals surface area contributed by atoms with Crippen molar-refractivity contribution in [3.8, 4) is 0 Å². The number of likely N-dealkylation sites (tertiary alicyclic amines) is 1. The third-order valence-corrected chi connectivity index (χ3v) is 5.07. The van der Waals surface area contributed by atoms with Gasteiger partial charge in [0.1, 0.15) is 11.6 Å². The minimum absolute atomic E-state index is 0.112. The molecule has 5 nitrogen and oxygen atoms in total. The van der Waals surface area contributed by atoms with Crippen LogP contribution < -0.4 is 0 Å². The highest BCUT2D eigenvalue weighted by Crippen LogP contribution is 2.32. The lowest BCUT2D eigenvalue weighted by molar-refractivity contribution is 0.0605. The zero-order valence-corrected chi connectivity index (χ0v) is 15.3. The zero-order valence-electron chi connectivity index (χ0n) is 15.3. The number of hydrogen-bond donors (Lipinski definition) is 0. The number of carbonyl (C=O) groups excluding carboxylic acids is 1. The van der Waals surface area contributed by atoms with E-state index in [1.807, 2.05) is 0 Å². The Balaban J connectivity index is 1.53. The van der Waals surface area contributed by atoms with E-state index in [-0.39, 0.29) is 35.8 Å².